The van der Waals surface area contributed by atoms with Gasteiger partial charge in [0.15, 0.2) is 0 Å². The van der Waals surface area contributed by atoms with Gasteiger partial charge >= 0.3 is 0 Å². The van der Waals surface area contributed by atoms with Crippen molar-refractivity contribution >= 4 is 17.3 Å². The van der Waals surface area contributed by atoms with Gasteiger partial charge in [0.1, 0.15) is 35.7 Å². The van der Waals surface area contributed by atoms with Gasteiger partial charge in [-0.05, 0) is 140 Å². The highest BCUT2D eigenvalue weighted by Gasteiger charge is 2.65. The van der Waals surface area contributed by atoms with Gasteiger partial charge in [-0.15, -0.1) is 6.58 Å². The third kappa shape index (κ3) is 14.1. The van der Waals surface area contributed by atoms with Crippen LogP contribution in [0.2, 0.25) is 0 Å². The molecule has 1 saturated carbocycles. The number of amides is 1. The maximum absolute atomic E-state index is 15.3. The molecule has 12 nitrogen and oxygen atoms in total. The Bertz CT molecular complexity index is 2530. The first-order valence-electron chi connectivity index (χ1n) is 27.2. The molecule has 0 spiro atoms. The number of hydrogen-bond donors (Lipinski definition) is 2. The van der Waals surface area contributed by atoms with Gasteiger partial charge in [-0.1, -0.05) is 107 Å². The van der Waals surface area contributed by atoms with Crippen LogP contribution in [0.15, 0.2) is 114 Å². The second-order valence-corrected chi connectivity index (χ2v) is 20.5. The van der Waals surface area contributed by atoms with E-state index in [0.29, 0.717) is 47.8 Å². The molecule has 2 N–H and O–H groups in total. The lowest BCUT2D eigenvalue weighted by molar-refractivity contribution is -0.384. The number of oxime groups is 1. The van der Waals surface area contributed by atoms with E-state index in [2.05, 4.69) is 39.5 Å². The van der Waals surface area contributed by atoms with Crippen molar-refractivity contribution in [2.45, 2.75) is 161 Å². The van der Waals surface area contributed by atoms with E-state index in [1.165, 1.54) is 56.4 Å². The van der Waals surface area contributed by atoms with Crippen LogP contribution in [0.5, 0.6) is 17.2 Å². The molecular formula is C61H78FN3O9. The van der Waals surface area contributed by atoms with Crippen LogP contribution < -0.4 is 9.47 Å². The average Bonchev–Trinajstić information content (AvgIpc) is 3.41. The lowest BCUT2D eigenvalue weighted by Gasteiger charge is -2.60. The summed E-state index contributed by atoms with van der Waals surface area (Å²) in [6.45, 7) is 10.9. The molecule has 0 saturated heterocycles. The Morgan fingerprint density at radius 1 is 0.851 bits per heavy atom. The molecule has 398 valence electrons. The molecule has 0 aromatic heterocycles. The summed E-state index contributed by atoms with van der Waals surface area (Å²) in [5.74, 6) is -0.848. The molecule has 6 unspecified atom stereocenters. The van der Waals surface area contributed by atoms with Crippen molar-refractivity contribution in [2.24, 2.45) is 22.9 Å². The van der Waals surface area contributed by atoms with E-state index in [1.807, 2.05) is 35.2 Å². The number of hydrogen-bond acceptors (Lipinski definition) is 10. The van der Waals surface area contributed by atoms with Gasteiger partial charge in [0.25, 0.3) is 5.69 Å². The van der Waals surface area contributed by atoms with E-state index in [0.717, 1.165) is 72.8 Å². The minimum Gasteiger partial charge on any atom is -0.459 e. The first kappa shape index (κ1) is 55.9. The first-order valence-corrected chi connectivity index (χ1v) is 27.2. The number of aliphatic hydroxyl groups is 2. The second kappa shape index (κ2) is 27.6. The molecule has 1 heterocycles. The third-order valence-electron chi connectivity index (χ3n) is 15.4. The van der Waals surface area contributed by atoms with E-state index in [4.69, 9.17) is 24.2 Å². The summed E-state index contributed by atoms with van der Waals surface area (Å²) in [5.41, 5.74) is 6.11. The van der Waals surface area contributed by atoms with Crippen molar-refractivity contribution in [3.8, 4) is 17.2 Å². The number of nitro benzene ring substituents is 1. The fourth-order valence-corrected chi connectivity index (χ4v) is 11.4. The lowest BCUT2D eigenvalue weighted by atomic mass is 9.55. The predicted octanol–water partition coefficient (Wildman–Crippen LogP) is 13.9. The van der Waals surface area contributed by atoms with Gasteiger partial charge in [0, 0.05) is 56.2 Å². The zero-order chi connectivity index (χ0) is 52.5. The molecule has 3 aliphatic rings. The number of aryl methyl sites for hydroxylation is 2. The van der Waals surface area contributed by atoms with Gasteiger partial charge in [0.2, 0.25) is 11.7 Å². The molecule has 13 heteroatoms. The van der Waals surface area contributed by atoms with Crippen LogP contribution in [0.4, 0.5) is 10.1 Å². The highest BCUT2D eigenvalue weighted by molar-refractivity contribution is 6.03. The molecule has 74 heavy (non-hydrogen) atoms. The maximum atomic E-state index is 15.3. The van der Waals surface area contributed by atoms with Crippen LogP contribution in [-0.4, -0.2) is 63.3 Å². The number of aliphatic hydroxyl groups excluding tert-OH is 2. The van der Waals surface area contributed by atoms with Crippen LogP contribution >= 0.6 is 0 Å². The summed E-state index contributed by atoms with van der Waals surface area (Å²) >= 11 is 0. The quantitative estimate of drug-likeness (QED) is 0.0225. The van der Waals surface area contributed by atoms with Gasteiger partial charge in [-0.25, -0.2) is 4.39 Å². The van der Waals surface area contributed by atoms with Crippen molar-refractivity contribution in [3.05, 3.63) is 153 Å². The van der Waals surface area contributed by atoms with Crippen molar-refractivity contribution in [1.29, 1.82) is 0 Å². The number of rotatable bonds is 30. The van der Waals surface area contributed by atoms with E-state index >= 15 is 4.79 Å². The topological polar surface area (TPSA) is 153 Å². The van der Waals surface area contributed by atoms with Crippen molar-refractivity contribution in [2.75, 3.05) is 19.8 Å². The molecule has 2 aliphatic carbocycles. The summed E-state index contributed by atoms with van der Waals surface area (Å²) in [6, 6.07) is 23.7. The minimum atomic E-state index is -1.50. The summed E-state index contributed by atoms with van der Waals surface area (Å²) in [7, 11) is 0. The lowest BCUT2D eigenvalue weighted by Crippen LogP contribution is -2.70. The molecule has 0 bridgehead atoms. The molecule has 0 radical (unpaired) electrons. The van der Waals surface area contributed by atoms with E-state index in [9.17, 15) is 24.7 Å². The zero-order valence-corrected chi connectivity index (χ0v) is 43.9. The molecular weight excluding hydrogens is 938 g/mol. The number of fused-ring (bicyclic) bond motifs is 2. The fraction of sp³-hybridized carbons (Fsp3) is 0.508. The highest BCUT2D eigenvalue weighted by atomic mass is 19.1. The molecule has 1 fully saturated rings. The SMILES string of the molecule is C=CCOC12Oc3ccc(Oc4ccc(C)c(C)c4)cc3C3C(CCCCO)C(CCCCO)C=C(C(=NOCc4ccc([N+](=O)[O-])cc4)CC1N(Cc1ccc(F)cc1)C(=O)CCCCCCCCCCC)C32. The number of allylic oxidation sites excluding steroid dienone is 1. The predicted molar refractivity (Wildman–Crippen MR) is 288 cm³/mol. The van der Waals surface area contributed by atoms with Crippen LogP contribution in [0.1, 0.15) is 150 Å². The molecule has 6 atom stereocenters. The smallest absolute Gasteiger partial charge is 0.269 e. The average molecular weight is 1020 g/mol. The van der Waals surface area contributed by atoms with Crippen molar-refractivity contribution in [3.63, 3.8) is 0 Å². The first-order chi connectivity index (χ1) is 36.0. The number of non-ortho nitro benzene ring substituents is 1. The molecule has 4 aromatic carbocycles. The van der Waals surface area contributed by atoms with Crippen molar-refractivity contribution in [1.82, 2.24) is 4.90 Å². The van der Waals surface area contributed by atoms with Crippen LogP contribution in [-0.2, 0) is 27.5 Å². The van der Waals surface area contributed by atoms with E-state index in [-0.39, 0.29) is 81.0 Å². The maximum Gasteiger partial charge on any atom is 0.269 e. The number of halogens is 1. The second-order valence-electron chi connectivity index (χ2n) is 20.5. The standard InChI is InChI=1S/C61H78FN3O9/c1-5-7-8-9-10-11-12-13-14-21-58(68)64(41-45-23-27-48(62)28-24-45)57-40-55(63-72-42-46-25-29-49(30-26-46)65(69)70)53-38-47(19-15-17-34-66)52(20-16-18-35-67)59-54-39-51(73-50-31-22-43(3)44(4)37-50)32-33-56(54)74-61(57,60(53)59)71-36-6-2/h6,22-33,37-39,47,52,57,59-60,66-67H,2,5,7-21,34-36,40-42H2,1,3-4H3. The highest BCUT2D eigenvalue weighted by Crippen LogP contribution is 2.62. The van der Waals surface area contributed by atoms with Gasteiger partial charge in [0.05, 0.1) is 23.2 Å². The number of ether oxygens (including phenoxy) is 3. The van der Waals surface area contributed by atoms with Crippen LogP contribution in [0, 0.1) is 47.5 Å². The van der Waals surface area contributed by atoms with Crippen LogP contribution in [0.3, 0.4) is 0 Å². The van der Waals surface area contributed by atoms with E-state index < -0.39 is 22.7 Å². The number of nitrogens with zero attached hydrogens (tertiary/aromatic N) is 3. The summed E-state index contributed by atoms with van der Waals surface area (Å²) < 4.78 is 36.0. The summed E-state index contributed by atoms with van der Waals surface area (Å²) in [5, 5.41) is 36.6. The minimum absolute atomic E-state index is 0.00360. The Balaban J connectivity index is 1.39. The Kier molecular flexibility index (Phi) is 20.8. The Morgan fingerprint density at radius 3 is 2.19 bits per heavy atom. The monoisotopic (exact) mass is 1020 g/mol. The summed E-state index contributed by atoms with van der Waals surface area (Å²) in [6.07, 6.45) is 18.7. The Labute approximate surface area is 437 Å². The largest absolute Gasteiger partial charge is 0.459 e. The number of carbonyl (C=O) groups excluding carboxylic acids is 1. The molecule has 7 rings (SSSR count). The normalized spacial score (nSPS) is 21.2. The Hall–Kier alpha value is -5.89. The number of nitro groups is 1. The van der Waals surface area contributed by atoms with Gasteiger partial charge < -0.3 is 34.2 Å². The number of carbonyl (C=O) groups is 1. The molecule has 1 amide bonds. The molecule has 4 aromatic rings. The van der Waals surface area contributed by atoms with Gasteiger partial charge in [-0.2, -0.15) is 0 Å². The number of unbranched alkanes of at least 4 members (excludes halogenated alkanes) is 10. The van der Waals surface area contributed by atoms with Crippen LogP contribution in [0.25, 0.3) is 0 Å². The van der Waals surface area contributed by atoms with Crippen molar-refractivity contribution < 1.29 is 43.4 Å². The summed E-state index contributed by atoms with van der Waals surface area (Å²) in [4.78, 5) is 34.5. The fourth-order valence-electron chi connectivity index (χ4n) is 11.4. The third-order valence-corrected chi connectivity index (χ3v) is 15.4. The zero-order valence-electron chi connectivity index (χ0n) is 43.9. The number of benzene rings is 4. The van der Waals surface area contributed by atoms with E-state index in [1.54, 1.807) is 30.3 Å². The van der Waals surface area contributed by atoms with Gasteiger partial charge in [-0.3, -0.25) is 14.9 Å². The molecule has 1 aliphatic heterocycles. The Morgan fingerprint density at radius 2 is 1.51 bits per heavy atom.